The first kappa shape index (κ1) is 26.0. The van der Waals surface area contributed by atoms with Gasteiger partial charge >= 0.3 is 26.0 Å². The van der Waals surface area contributed by atoms with E-state index in [9.17, 15) is 16.8 Å². The Balaban J connectivity index is 2.14. The Bertz CT molecular complexity index is 1450. The van der Waals surface area contributed by atoms with Crippen LogP contribution in [0.15, 0.2) is 80.0 Å². The smallest absolute Gasteiger partial charge is 0.377 e. The summed E-state index contributed by atoms with van der Waals surface area (Å²) in [6.07, 6.45) is 3.02. The minimum Gasteiger partial charge on any atom is -0.377 e. The quantitative estimate of drug-likeness (QED) is 0.224. The summed E-state index contributed by atoms with van der Waals surface area (Å²) in [4.78, 5) is 1.72. The van der Waals surface area contributed by atoms with Gasteiger partial charge in [-0.2, -0.15) is 21.6 Å². The highest BCUT2D eigenvalue weighted by Crippen LogP contribution is 2.27. The lowest BCUT2D eigenvalue weighted by atomic mass is 10.2. The van der Waals surface area contributed by atoms with Crippen LogP contribution in [0.2, 0.25) is 5.02 Å². The van der Waals surface area contributed by atoms with Crippen molar-refractivity contribution in [3.8, 4) is 0 Å². The summed E-state index contributed by atoms with van der Waals surface area (Å²) in [5.74, 6) is -0.425. The second kappa shape index (κ2) is 9.95. The molecule has 1 aromatic heterocycles. The van der Waals surface area contributed by atoms with Gasteiger partial charge in [-0.1, -0.05) is 29.3 Å². The van der Waals surface area contributed by atoms with E-state index in [4.69, 9.17) is 11.6 Å². The minimum absolute atomic E-state index is 0.0717. The van der Waals surface area contributed by atoms with Crippen LogP contribution in [0.4, 0.5) is 5.69 Å². The molecule has 0 amide bonds. The molecule has 0 atom stereocenters. The number of nitrogens with one attached hydrogen (secondary N) is 1. The van der Waals surface area contributed by atoms with Gasteiger partial charge in [-0.3, -0.25) is 0 Å². The fraction of sp³-hybridized carbons (Fsp3) is 0.182. The molecular weight excluding hydrogens is 516 g/mol. The highest BCUT2D eigenvalue weighted by atomic mass is 35.5. The maximum absolute atomic E-state index is 13.2. The van der Waals surface area contributed by atoms with Crippen LogP contribution in [-0.2, 0) is 20.0 Å². The Morgan fingerprint density at radius 3 is 2.15 bits per heavy atom. The number of halogens is 1. The molecule has 1 N–H and O–H groups in total. The lowest BCUT2D eigenvalue weighted by Crippen LogP contribution is -2.53. The monoisotopic (exact) mass is 539 g/mol. The van der Waals surface area contributed by atoms with E-state index in [1.807, 2.05) is 25.9 Å². The Kier molecular flexibility index (Phi) is 7.61. The second-order valence-corrected chi connectivity index (χ2v) is 11.9. The van der Waals surface area contributed by atoms with Crippen LogP contribution in [0, 0.1) is 13.8 Å². The fourth-order valence-corrected chi connectivity index (χ4v) is 5.86. The maximum atomic E-state index is 13.2. The summed E-state index contributed by atoms with van der Waals surface area (Å²) in [7, 11) is -4.83. The molecule has 180 valence electrons. The van der Waals surface area contributed by atoms with Crippen molar-refractivity contribution in [1.82, 2.24) is 4.72 Å². The number of rotatable bonds is 5. The predicted octanol–water partition coefficient (Wildman–Crippen LogP) is 3.17. The maximum Gasteiger partial charge on any atom is 0.423 e. The van der Waals surface area contributed by atoms with E-state index < -0.39 is 26.0 Å². The number of aromatic nitrogens is 1. The van der Waals surface area contributed by atoms with E-state index in [1.54, 1.807) is 31.2 Å². The van der Waals surface area contributed by atoms with Crippen molar-refractivity contribution in [2.75, 3.05) is 19.0 Å². The first-order chi connectivity index (χ1) is 15.8. The summed E-state index contributed by atoms with van der Waals surface area (Å²) in [5, 5.41) is 0.355. The van der Waals surface area contributed by atoms with Crippen molar-refractivity contribution in [2.24, 2.45) is 4.40 Å². The summed E-state index contributed by atoms with van der Waals surface area (Å²) in [5.41, 5.74) is 2.22. The third kappa shape index (κ3) is 5.90. The van der Waals surface area contributed by atoms with Gasteiger partial charge in [0.2, 0.25) is 0 Å². The molecule has 0 saturated heterocycles. The average Bonchev–Trinajstić information content (AvgIpc) is 2.75. The minimum atomic E-state index is -4.28. The number of nitrogens with zero attached hydrogens (tertiary/aromatic N) is 3. The standard InChI is InChI=1S/C22H23ClN4O4S3/c1-15-5-7-18(8-6-15)33(28,29)24-22(27-11-9-17(10-12-27)26(3)4)25-34(30,31)21-13-16(2)19(23)14-20(21)32/h5-14H,1-4H3,(H-,24,25,32)/p+1. The van der Waals surface area contributed by atoms with Crippen LogP contribution in [0.25, 0.3) is 0 Å². The molecule has 0 unspecified atom stereocenters. The predicted molar refractivity (Wildman–Crippen MR) is 136 cm³/mol. The number of hydrogen-bond donors (Lipinski definition) is 2. The number of aryl methyl sites for hydroxylation is 2. The lowest BCUT2D eigenvalue weighted by Gasteiger charge is -2.13. The number of hydrogen-bond acceptors (Lipinski definition) is 6. The van der Waals surface area contributed by atoms with Crippen molar-refractivity contribution in [1.29, 1.82) is 0 Å². The molecule has 2 aromatic carbocycles. The van der Waals surface area contributed by atoms with Gasteiger partial charge in [-0.25, -0.2) is 4.57 Å². The molecule has 0 aliphatic carbocycles. The Hall–Kier alpha value is -2.60. The molecule has 0 saturated carbocycles. The normalized spacial score (nSPS) is 12.5. The number of sulfonamides is 2. The summed E-state index contributed by atoms with van der Waals surface area (Å²) < 4.78 is 59.9. The van der Waals surface area contributed by atoms with Crippen LogP contribution in [0.5, 0.6) is 0 Å². The van der Waals surface area contributed by atoms with Crippen molar-refractivity contribution < 1.29 is 21.4 Å². The highest BCUT2D eigenvalue weighted by molar-refractivity contribution is 7.91. The lowest BCUT2D eigenvalue weighted by molar-refractivity contribution is -0.558. The Labute approximate surface area is 210 Å². The van der Waals surface area contributed by atoms with Gasteiger partial charge in [0.25, 0.3) is 0 Å². The molecule has 12 heteroatoms. The van der Waals surface area contributed by atoms with Gasteiger partial charge in [0.15, 0.2) is 0 Å². The summed E-state index contributed by atoms with van der Waals surface area (Å²) >= 11 is 10.3. The van der Waals surface area contributed by atoms with E-state index in [0.29, 0.717) is 10.6 Å². The first-order valence-corrected chi connectivity index (χ1v) is 13.7. The SMILES string of the molecule is Cc1ccc(S(=O)(=O)N=C(NS(=O)(=O)c2cc(C)c(Cl)cc2S)[n+]2ccc(N(C)C)cc2)cc1. The number of pyridine rings is 1. The number of benzene rings is 2. The third-order valence-corrected chi connectivity index (χ3v) is 8.43. The topological polar surface area (TPSA) is 99.8 Å². The van der Waals surface area contributed by atoms with E-state index in [0.717, 1.165) is 11.3 Å². The van der Waals surface area contributed by atoms with Crippen LogP contribution in [-0.4, -0.2) is 36.9 Å². The Morgan fingerprint density at radius 2 is 1.59 bits per heavy atom. The van der Waals surface area contributed by atoms with Gasteiger partial charge in [0.05, 0.1) is 12.4 Å². The van der Waals surface area contributed by atoms with Gasteiger partial charge in [-0.05, 0) is 55.8 Å². The van der Waals surface area contributed by atoms with E-state index >= 15 is 0 Å². The highest BCUT2D eigenvalue weighted by Gasteiger charge is 2.30. The fourth-order valence-electron chi connectivity index (χ4n) is 2.89. The van der Waals surface area contributed by atoms with Gasteiger partial charge < -0.3 is 4.90 Å². The van der Waals surface area contributed by atoms with Crippen LogP contribution in [0.3, 0.4) is 0 Å². The summed E-state index contributed by atoms with van der Waals surface area (Å²) in [6.45, 7) is 3.48. The van der Waals surface area contributed by atoms with Crippen LogP contribution < -0.4 is 14.2 Å². The van der Waals surface area contributed by atoms with Crippen molar-refractivity contribution in [3.05, 3.63) is 77.1 Å². The number of anilines is 1. The zero-order valence-corrected chi connectivity index (χ0v) is 22.2. The van der Waals surface area contributed by atoms with Gasteiger partial charge in [0.1, 0.15) is 9.79 Å². The molecular formula is C22H24ClN4O4S3+. The van der Waals surface area contributed by atoms with Crippen molar-refractivity contribution in [3.63, 3.8) is 0 Å². The zero-order chi connectivity index (χ0) is 25.3. The average molecular weight is 540 g/mol. The molecule has 1 heterocycles. The zero-order valence-electron chi connectivity index (χ0n) is 18.9. The van der Waals surface area contributed by atoms with E-state index in [-0.39, 0.29) is 14.7 Å². The molecule has 0 aliphatic heterocycles. The van der Waals surface area contributed by atoms with E-state index in [2.05, 4.69) is 21.7 Å². The molecule has 0 aliphatic rings. The van der Waals surface area contributed by atoms with Crippen LogP contribution in [0.1, 0.15) is 11.1 Å². The Morgan fingerprint density at radius 1 is 1.00 bits per heavy atom. The molecule has 0 fully saturated rings. The molecule has 0 bridgehead atoms. The third-order valence-electron chi connectivity index (χ3n) is 4.85. The second-order valence-electron chi connectivity index (χ2n) is 7.74. The van der Waals surface area contributed by atoms with Crippen LogP contribution >= 0.6 is 24.2 Å². The van der Waals surface area contributed by atoms with Gasteiger partial charge in [-0.15, -0.1) is 12.6 Å². The first-order valence-electron chi connectivity index (χ1n) is 9.93. The molecule has 34 heavy (non-hydrogen) atoms. The molecule has 0 radical (unpaired) electrons. The molecule has 0 spiro atoms. The molecule has 3 aromatic rings. The molecule has 8 nitrogen and oxygen atoms in total. The van der Waals surface area contributed by atoms with Gasteiger partial charge in [0, 0.05) is 34.1 Å². The van der Waals surface area contributed by atoms with E-state index in [1.165, 1.54) is 41.2 Å². The molecule has 3 rings (SSSR count). The number of thiol groups is 1. The van der Waals surface area contributed by atoms with Crippen molar-refractivity contribution in [2.45, 2.75) is 28.5 Å². The largest absolute Gasteiger partial charge is 0.423 e. The van der Waals surface area contributed by atoms with Crippen molar-refractivity contribution >= 4 is 55.9 Å². The summed E-state index contributed by atoms with van der Waals surface area (Å²) in [6, 6.07) is 12.2.